The molecule has 0 spiro atoms. The van der Waals surface area contributed by atoms with Gasteiger partial charge in [-0.2, -0.15) is 0 Å². The van der Waals surface area contributed by atoms with E-state index in [9.17, 15) is 4.79 Å². The topological polar surface area (TPSA) is 49.3 Å². The number of nitrogens with zero attached hydrogens (tertiary/aromatic N) is 4. The Bertz CT molecular complexity index is 1120. The summed E-state index contributed by atoms with van der Waals surface area (Å²) in [6.07, 6.45) is 0. The molecule has 28 heavy (non-hydrogen) atoms. The lowest BCUT2D eigenvalue weighted by Crippen LogP contribution is -2.36. The third kappa shape index (κ3) is 3.65. The van der Waals surface area contributed by atoms with Gasteiger partial charge in [0.1, 0.15) is 0 Å². The standard InChI is InChI=1S/C21H22N4OS2/c1-13-9-17-19(10-14(13)2)28-21(23-17)25(8-7-24(3)4)20(26)15-5-6-16-18(11-15)27-12-22-16/h5-6,9-12H,7-8H2,1-4H3. The highest BCUT2D eigenvalue weighted by molar-refractivity contribution is 7.22. The van der Waals surface area contributed by atoms with E-state index in [1.165, 1.54) is 11.1 Å². The van der Waals surface area contributed by atoms with Gasteiger partial charge in [-0.3, -0.25) is 9.69 Å². The van der Waals surface area contributed by atoms with E-state index in [1.54, 1.807) is 33.1 Å². The van der Waals surface area contributed by atoms with Crippen molar-refractivity contribution < 1.29 is 4.79 Å². The number of benzene rings is 2. The minimum absolute atomic E-state index is 0.0235. The molecular formula is C21H22N4OS2. The van der Waals surface area contributed by atoms with E-state index in [2.05, 4.69) is 35.9 Å². The molecule has 0 saturated carbocycles. The van der Waals surface area contributed by atoms with Gasteiger partial charge in [-0.25, -0.2) is 9.97 Å². The van der Waals surface area contributed by atoms with Crippen LogP contribution < -0.4 is 4.90 Å². The van der Waals surface area contributed by atoms with Crippen LogP contribution >= 0.6 is 22.7 Å². The first-order valence-electron chi connectivity index (χ1n) is 9.10. The number of aryl methyl sites for hydroxylation is 2. The first-order valence-corrected chi connectivity index (χ1v) is 10.8. The van der Waals surface area contributed by atoms with Crippen LogP contribution in [-0.4, -0.2) is 48.0 Å². The number of carbonyl (C=O) groups excluding carboxylic acids is 1. The molecule has 0 unspecified atom stereocenters. The molecule has 2 aromatic carbocycles. The number of likely N-dealkylation sites (N-methyl/N-ethyl adjacent to an activating group) is 1. The van der Waals surface area contributed by atoms with Crippen LogP contribution in [0.5, 0.6) is 0 Å². The first kappa shape index (κ1) is 19.0. The number of aromatic nitrogens is 2. The van der Waals surface area contributed by atoms with Crippen molar-refractivity contribution in [1.82, 2.24) is 14.9 Å². The Morgan fingerprint density at radius 2 is 1.79 bits per heavy atom. The van der Waals surface area contributed by atoms with Crippen molar-refractivity contribution in [3.8, 4) is 0 Å². The predicted octanol–water partition coefficient (Wildman–Crippen LogP) is 4.73. The van der Waals surface area contributed by atoms with Crippen LogP contribution in [0.15, 0.2) is 35.8 Å². The molecule has 4 aromatic rings. The van der Waals surface area contributed by atoms with Crippen molar-refractivity contribution in [2.24, 2.45) is 0 Å². The first-order chi connectivity index (χ1) is 13.4. The SMILES string of the molecule is Cc1cc2nc(N(CCN(C)C)C(=O)c3ccc4ncsc4c3)sc2cc1C. The van der Waals surface area contributed by atoms with E-state index in [0.717, 1.165) is 32.1 Å². The average Bonchev–Trinajstić information content (AvgIpc) is 3.27. The van der Waals surface area contributed by atoms with Gasteiger partial charge < -0.3 is 4.90 Å². The molecule has 0 bridgehead atoms. The highest BCUT2D eigenvalue weighted by Crippen LogP contribution is 2.32. The summed E-state index contributed by atoms with van der Waals surface area (Å²) in [5.41, 5.74) is 6.80. The molecule has 0 radical (unpaired) electrons. The lowest BCUT2D eigenvalue weighted by atomic mass is 10.1. The molecule has 5 nitrogen and oxygen atoms in total. The molecule has 7 heteroatoms. The quantitative estimate of drug-likeness (QED) is 0.477. The Balaban J connectivity index is 1.74. The molecule has 0 saturated heterocycles. The zero-order chi connectivity index (χ0) is 19.8. The van der Waals surface area contributed by atoms with Gasteiger partial charge in [-0.15, -0.1) is 11.3 Å². The van der Waals surface area contributed by atoms with Crippen molar-refractivity contribution >= 4 is 54.1 Å². The minimum atomic E-state index is -0.0235. The van der Waals surface area contributed by atoms with Gasteiger partial charge in [0.25, 0.3) is 5.91 Å². The molecule has 144 valence electrons. The van der Waals surface area contributed by atoms with Crippen LogP contribution in [-0.2, 0) is 0 Å². The van der Waals surface area contributed by atoms with E-state index in [1.807, 2.05) is 32.3 Å². The summed E-state index contributed by atoms with van der Waals surface area (Å²) >= 11 is 3.12. The third-order valence-electron chi connectivity index (χ3n) is 4.82. The van der Waals surface area contributed by atoms with Gasteiger partial charge in [-0.05, 0) is 69.4 Å². The molecule has 2 aromatic heterocycles. The molecular weight excluding hydrogens is 388 g/mol. The molecule has 0 atom stereocenters. The summed E-state index contributed by atoms with van der Waals surface area (Å²) in [6, 6.07) is 9.95. The Morgan fingerprint density at radius 3 is 2.57 bits per heavy atom. The minimum Gasteiger partial charge on any atom is -0.308 e. The Morgan fingerprint density at radius 1 is 1.00 bits per heavy atom. The fourth-order valence-corrected chi connectivity index (χ4v) is 4.80. The normalized spacial score (nSPS) is 11.6. The number of hydrogen-bond acceptors (Lipinski definition) is 6. The van der Waals surface area contributed by atoms with Crippen molar-refractivity contribution in [2.45, 2.75) is 13.8 Å². The zero-order valence-electron chi connectivity index (χ0n) is 16.4. The second-order valence-corrected chi connectivity index (χ2v) is 9.09. The molecule has 4 rings (SSSR count). The maximum Gasteiger partial charge on any atom is 0.260 e. The van der Waals surface area contributed by atoms with Crippen molar-refractivity contribution in [3.63, 3.8) is 0 Å². The summed E-state index contributed by atoms with van der Waals surface area (Å²) in [6.45, 7) is 5.55. The highest BCUT2D eigenvalue weighted by atomic mass is 32.1. The van der Waals surface area contributed by atoms with Crippen molar-refractivity contribution in [3.05, 3.63) is 52.5 Å². The lowest BCUT2D eigenvalue weighted by Gasteiger charge is -2.22. The van der Waals surface area contributed by atoms with E-state index in [0.29, 0.717) is 12.1 Å². The largest absolute Gasteiger partial charge is 0.308 e. The fourth-order valence-electron chi connectivity index (χ4n) is 3.01. The molecule has 0 aliphatic carbocycles. The number of hydrogen-bond donors (Lipinski definition) is 0. The maximum atomic E-state index is 13.4. The van der Waals surface area contributed by atoms with Gasteiger partial charge in [-0.1, -0.05) is 11.3 Å². The summed E-state index contributed by atoms with van der Waals surface area (Å²) in [5.74, 6) is -0.0235. The van der Waals surface area contributed by atoms with Gasteiger partial charge in [0.2, 0.25) is 0 Å². The molecule has 0 N–H and O–H groups in total. The molecule has 0 aliphatic heterocycles. The Kier molecular flexibility index (Phi) is 5.14. The zero-order valence-corrected chi connectivity index (χ0v) is 18.0. The maximum absolute atomic E-state index is 13.4. The van der Waals surface area contributed by atoms with E-state index in [4.69, 9.17) is 4.98 Å². The number of rotatable bonds is 5. The molecule has 1 amide bonds. The fraction of sp³-hybridized carbons (Fsp3) is 0.286. The van der Waals surface area contributed by atoms with Crippen LogP contribution in [0.25, 0.3) is 20.4 Å². The number of anilines is 1. The summed E-state index contributed by atoms with van der Waals surface area (Å²) < 4.78 is 2.13. The van der Waals surface area contributed by atoms with Crippen LogP contribution in [0.3, 0.4) is 0 Å². The van der Waals surface area contributed by atoms with Crippen LogP contribution in [0, 0.1) is 13.8 Å². The highest BCUT2D eigenvalue weighted by Gasteiger charge is 2.22. The second-order valence-electron chi connectivity index (χ2n) is 7.20. The van der Waals surface area contributed by atoms with Gasteiger partial charge >= 0.3 is 0 Å². The monoisotopic (exact) mass is 410 g/mol. The second kappa shape index (κ2) is 7.58. The Hall–Kier alpha value is -2.35. The smallest absolute Gasteiger partial charge is 0.260 e. The van der Waals surface area contributed by atoms with E-state index in [-0.39, 0.29) is 5.91 Å². The summed E-state index contributed by atoms with van der Waals surface area (Å²) in [4.78, 5) is 26.4. The van der Waals surface area contributed by atoms with Gasteiger partial charge in [0, 0.05) is 18.7 Å². The number of amides is 1. The molecule has 0 fully saturated rings. The van der Waals surface area contributed by atoms with Crippen LogP contribution in [0.4, 0.5) is 5.13 Å². The van der Waals surface area contributed by atoms with Crippen LogP contribution in [0.2, 0.25) is 0 Å². The van der Waals surface area contributed by atoms with E-state index >= 15 is 0 Å². The van der Waals surface area contributed by atoms with Gasteiger partial charge in [0.05, 0.1) is 25.9 Å². The summed E-state index contributed by atoms with van der Waals surface area (Å²) in [5, 5.41) is 0.747. The molecule has 2 heterocycles. The average molecular weight is 411 g/mol. The number of thiazole rings is 2. The number of carbonyl (C=O) groups is 1. The predicted molar refractivity (Wildman–Crippen MR) is 119 cm³/mol. The Labute approximate surface area is 172 Å². The number of fused-ring (bicyclic) bond motifs is 2. The summed E-state index contributed by atoms with van der Waals surface area (Å²) in [7, 11) is 4.02. The van der Waals surface area contributed by atoms with E-state index < -0.39 is 0 Å². The van der Waals surface area contributed by atoms with Crippen molar-refractivity contribution in [1.29, 1.82) is 0 Å². The third-order valence-corrected chi connectivity index (χ3v) is 6.65. The lowest BCUT2D eigenvalue weighted by molar-refractivity contribution is 0.0985. The van der Waals surface area contributed by atoms with Crippen molar-refractivity contribution in [2.75, 3.05) is 32.1 Å². The van der Waals surface area contributed by atoms with Gasteiger partial charge in [0.15, 0.2) is 5.13 Å². The van der Waals surface area contributed by atoms with Crippen LogP contribution in [0.1, 0.15) is 21.5 Å². The molecule has 0 aliphatic rings.